The van der Waals surface area contributed by atoms with E-state index < -0.39 is 11.8 Å². The summed E-state index contributed by atoms with van der Waals surface area (Å²) in [6, 6.07) is 9.71. The molecule has 0 radical (unpaired) electrons. The Balaban J connectivity index is 2.24. The van der Waals surface area contributed by atoms with Crippen molar-refractivity contribution in [3.05, 3.63) is 47.3 Å². The molecule has 0 atom stereocenters. The van der Waals surface area contributed by atoms with E-state index in [1.165, 1.54) is 6.21 Å². The maximum absolute atomic E-state index is 11.1. The average molecular weight is 328 g/mol. The van der Waals surface area contributed by atoms with Crippen LogP contribution in [0.1, 0.15) is 23.9 Å². The minimum absolute atomic E-state index is 0.624. The molecule has 2 amide bonds. The highest BCUT2D eigenvalue weighted by atomic mass is 16.5. The van der Waals surface area contributed by atoms with Gasteiger partial charge in [-0.15, -0.1) is 0 Å². The van der Waals surface area contributed by atoms with Gasteiger partial charge in [0.15, 0.2) is 0 Å². The van der Waals surface area contributed by atoms with Crippen molar-refractivity contribution in [1.82, 2.24) is 9.99 Å². The molecule has 1 aromatic heterocycles. The quantitative estimate of drug-likeness (QED) is 0.493. The molecular formula is C17H20N4O3. The number of aromatic nitrogens is 1. The molecular weight excluding hydrogens is 308 g/mol. The molecule has 2 aromatic rings. The molecule has 0 aliphatic rings. The van der Waals surface area contributed by atoms with Crippen molar-refractivity contribution in [2.45, 2.75) is 20.8 Å². The second-order valence-corrected chi connectivity index (χ2v) is 5.15. The Morgan fingerprint density at radius 1 is 1.29 bits per heavy atom. The van der Waals surface area contributed by atoms with Crippen LogP contribution in [0.25, 0.3) is 5.69 Å². The fourth-order valence-electron chi connectivity index (χ4n) is 2.39. The molecule has 0 bridgehead atoms. The van der Waals surface area contributed by atoms with E-state index in [9.17, 15) is 9.59 Å². The van der Waals surface area contributed by atoms with E-state index in [4.69, 9.17) is 10.5 Å². The normalized spacial score (nSPS) is 10.8. The summed E-state index contributed by atoms with van der Waals surface area (Å²) in [5.41, 5.74) is 10.7. The Morgan fingerprint density at radius 3 is 2.54 bits per heavy atom. The van der Waals surface area contributed by atoms with Gasteiger partial charge in [0, 0.05) is 22.6 Å². The van der Waals surface area contributed by atoms with Gasteiger partial charge in [-0.1, -0.05) is 0 Å². The zero-order valence-electron chi connectivity index (χ0n) is 13.9. The molecule has 0 saturated carbocycles. The molecule has 0 spiro atoms. The number of aryl methyl sites for hydroxylation is 1. The number of ether oxygens (including phenoxy) is 1. The first-order valence-electron chi connectivity index (χ1n) is 7.49. The number of rotatable bonds is 5. The summed E-state index contributed by atoms with van der Waals surface area (Å²) >= 11 is 0. The van der Waals surface area contributed by atoms with Gasteiger partial charge in [0.1, 0.15) is 5.75 Å². The summed E-state index contributed by atoms with van der Waals surface area (Å²) < 4.78 is 7.51. The lowest BCUT2D eigenvalue weighted by atomic mass is 10.2. The van der Waals surface area contributed by atoms with Gasteiger partial charge in [0.2, 0.25) is 0 Å². The molecule has 7 heteroatoms. The van der Waals surface area contributed by atoms with Crippen molar-refractivity contribution in [1.29, 1.82) is 0 Å². The predicted octanol–water partition coefficient (Wildman–Crippen LogP) is 1.43. The number of nitrogens with two attached hydrogens (primary N) is 1. The van der Waals surface area contributed by atoms with Crippen LogP contribution in [0.4, 0.5) is 0 Å². The van der Waals surface area contributed by atoms with Gasteiger partial charge in [0.05, 0.1) is 12.8 Å². The largest absolute Gasteiger partial charge is 0.494 e. The lowest BCUT2D eigenvalue weighted by molar-refractivity contribution is -0.137. The Labute approximate surface area is 140 Å². The maximum Gasteiger partial charge on any atom is 0.329 e. The Bertz CT molecular complexity index is 776. The van der Waals surface area contributed by atoms with Crippen LogP contribution in [0.2, 0.25) is 0 Å². The fraction of sp³-hybridized carbons (Fsp3) is 0.235. The van der Waals surface area contributed by atoms with Crippen molar-refractivity contribution in [2.75, 3.05) is 6.61 Å². The predicted molar refractivity (Wildman–Crippen MR) is 91.3 cm³/mol. The molecule has 2 rings (SSSR count). The van der Waals surface area contributed by atoms with Crippen LogP contribution in [0.15, 0.2) is 35.4 Å². The summed E-state index contributed by atoms with van der Waals surface area (Å²) in [5.74, 6) is -1.21. The number of amides is 2. The van der Waals surface area contributed by atoms with Gasteiger partial charge in [-0.25, -0.2) is 5.43 Å². The maximum atomic E-state index is 11.1. The van der Waals surface area contributed by atoms with Gasteiger partial charge < -0.3 is 15.0 Å². The Morgan fingerprint density at radius 2 is 1.96 bits per heavy atom. The smallest absolute Gasteiger partial charge is 0.329 e. The van der Waals surface area contributed by atoms with Crippen LogP contribution in [-0.2, 0) is 9.59 Å². The highest BCUT2D eigenvalue weighted by Gasteiger charge is 2.10. The molecule has 0 aliphatic heterocycles. The number of hydrazone groups is 1. The molecule has 126 valence electrons. The number of carbonyl (C=O) groups is 2. The third-order valence-electron chi connectivity index (χ3n) is 3.47. The Kier molecular flexibility index (Phi) is 5.36. The monoisotopic (exact) mass is 328 g/mol. The van der Waals surface area contributed by atoms with E-state index in [0.717, 1.165) is 28.4 Å². The standard InChI is InChI=1S/C17H20N4O3/c1-4-24-15-7-5-14(6-8-15)21-11(2)9-13(12(21)3)10-19-20-17(23)16(18)22/h5-10H,4H2,1-3H3,(H2,18,22)(H,20,23)/b19-10+. The minimum Gasteiger partial charge on any atom is -0.494 e. The van der Waals surface area contributed by atoms with E-state index in [1.54, 1.807) is 0 Å². The lowest BCUT2D eigenvalue weighted by Gasteiger charge is -2.10. The summed E-state index contributed by atoms with van der Waals surface area (Å²) in [7, 11) is 0. The SMILES string of the molecule is CCOc1ccc(-n2c(C)cc(/C=N/NC(=O)C(N)=O)c2C)cc1. The average Bonchev–Trinajstić information content (AvgIpc) is 2.82. The van der Waals surface area contributed by atoms with Crippen molar-refractivity contribution in [2.24, 2.45) is 10.8 Å². The van der Waals surface area contributed by atoms with Crippen molar-refractivity contribution >= 4 is 18.0 Å². The van der Waals surface area contributed by atoms with Crippen LogP contribution in [-0.4, -0.2) is 29.2 Å². The molecule has 0 fully saturated rings. The van der Waals surface area contributed by atoms with Crippen LogP contribution in [0.5, 0.6) is 5.75 Å². The number of hydrogen-bond acceptors (Lipinski definition) is 4. The van der Waals surface area contributed by atoms with Crippen molar-refractivity contribution in [3.63, 3.8) is 0 Å². The van der Waals surface area contributed by atoms with Crippen LogP contribution in [0, 0.1) is 13.8 Å². The summed E-state index contributed by atoms with van der Waals surface area (Å²) in [6.45, 7) is 6.48. The van der Waals surface area contributed by atoms with Gasteiger partial charge in [-0.05, 0) is 51.1 Å². The van der Waals surface area contributed by atoms with E-state index in [2.05, 4.69) is 15.1 Å². The van der Waals surface area contributed by atoms with E-state index >= 15 is 0 Å². The first kappa shape index (κ1) is 17.3. The van der Waals surface area contributed by atoms with Gasteiger partial charge in [-0.3, -0.25) is 9.59 Å². The molecule has 1 aromatic carbocycles. The number of benzene rings is 1. The number of carbonyl (C=O) groups excluding carboxylic acids is 2. The Hall–Kier alpha value is -3.09. The van der Waals surface area contributed by atoms with Gasteiger partial charge in [0.25, 0.3) is 0 Å². The summed E-state index contributed by atoms with van der Waals surface area (Å²) in [6.07, 6.45) is 1.48. The molecule has 0 aliphatic carbocycles. The van der Waals surface area contributed by atoms with E-state index in [-0.39, 0.29) is 0 Å². The van der Waals surface area contributed by atoms with Gasteiger partial charge in [-0.2, -0.15) is 5.10 Å². The molecule has 7 nitrogen and oxygen atoms in total. The zero-order chi connectivity index (χ0) is 17.7. The fourth-order valence-corrected chi connectivity index (χ4v) is 2.39. The first-order valence-corrected chi connectivity index (χ1v) is 7.49. The minimum atomic E-state index is -1.08. The highest BCUT2D eigenvalue weighted by Crippen LogP contribution is 2.22. The molecule has 0 unspecified atom stereocenters. The number of hydrogen-bond donors (Lipinski definition) is 2. The topological polar surface area (TPSA) is 98.7 Å². The van der Waals surface area contributed by atoms with E-state index in [0.29, 0.717) is 6.61 Å². The summed E-state index contributed by atoms with van der Waals surface area (Å²) in [5, 5.41) is 3.75. The second-order valence-electron chi connectivity index (χ2n) is 5.15. The van der Waals surface area contributed by atoms with Gasteiger partial charge >= 0.3 is 11.8 Å². The lowest BCUT2D eigenvalue weighted by Crippen LogP contribution is -2.32. The second kappa shape index (κ2) is 7.45. The third-order valence-corrected chi connectivity index (χ3v) is 3.47. The zero-order valence-corrected chi connectivity index (χ0v) is 13.9. The van der Waals surface area contributed by atoms with Crippen LogP contribution >= 0.6 is 0 Å². The summed E-state index contributed by atoms with van der Waals surface area (Å²) in [4.78, 5) is 21.7. The molecule has 0 saturated heterocycles. The van der Waals surface area contributed by atoms with Crippen molar-refractivity contribution in [3.8, 4) is 11.4 Å². The van der Waals surface area contributed by atoms with Crippen LogP contribution in [0.3, 0.4) is 0 Å². The molecule has 3 N–H and O–H groups in total. The molecule has 1 heterocycles. The van der Waals surface area contributed by atoms with Crippen LogP contribution < -0.4 is 15.9 Å². The molecule has 24 heavy (non-hydrogen) atoms. The number of primary amides is 1. The third kappa shape index (κ3) is 3.81. The number of nitrogens with zero attached hydrogens (tertiary/aromatic N) is 2. The first-order chi connectivity index (χ1) is 11.4. The number of nitrogens with one attached hydrogen (secondary N) is 1. The van der Waals surface area contributed by atoms with E-state index in [1.807, 2.05) is 51.1 Å². The highest BCUT2D eigenvalue weighted by molar-refractivity contribution is 6.34. The van der Waals surface area contributed by atoms with Crippen molar-refractivity contribution < 1.29 is 14.3 Å².